The monoisotopic (exact) mass is 328 g/mol. The first-order chi connectivity index (χ1) is 9.15. The van der Waals surface area contributed by atoms with Crippen molar-refractivity contribution in [2.45, 2.75) is 6.10 Å². The van der Waals surface area contributed by atoms with E-state index in [0.717, 1.165) is 4.47 Å². The lowest BCUT2D eigenvalue weighted by atomic mass is 10.1. The van der Waals surface area contributed by atoms with E-state index >= 15 is 0 Å². The molecule has 1 amide bonds. The first kappa shape index (κ1) is 14.3. The van der Waals surface area contributed by atoms with Gasteiger partial charge in [0.05, 0.1) is 25.4 Å². The largest absolute Gasteiger partial charge is 0.497 e. The third-order valence-electron chi connectivity index (χ3n) is 3.09. The van der Waals surface area contributed by atoms with Gasteiger partial charge in [0.15, 0.2) is 0 Å². The Kier molecular flexibility index (Phi) is 4.79. The Balaban J connectivity index is 2.18. The standard InChI is InChI=1S/C13H17BrN2O3/c1-18-9-2-3-12(14)11(6-9)13(17)16-4-5-19-10(7-15)8-16/h2-3,6,10H,4-5,7-8,15H2,1H3. The van der Waals surface area contributed by atoms with Gasteiger partial charge in [-0.15, -0.1) is 0 Å². The number of nitrogens with zero attached hydrogens (tertiary/aromatic N) is 1. The van der Waals surface area contributed by atoms with Gasteiger partial charge in [0.2, 0.25) is 0 Å². The van der Waals surface area contributed by atoms with Gasteiger partial charge in [-0.2, -0.15) is 0 Å². The molecule has 1 aliphatic rings. The average molecular weight is 329 g/mol. The van der Waals surface area contributed by atoms with E-state index in [2.05, 4.69) is 15.9 Å². The molecule has 104 valence electrons. The molecule has 0 bridgehead atoms. The maximum Gasteiger partial charge on any atom is 0.255 e. The molecule has 6 heteroatoms. The number of hydrogen-bond acceptors (Lipinski definition) is 4. The van der Waals surface area contributed by atoms with Crippen LogP contribution in [0.15, 0.2) is 22.7 Å². The van der Waals surface area contributed by atoms with Gasteiger partial charge < -0.3 is 20.1 Å². The molecule has 1 aliphatic heterocycles. The van der Waals surface area contributed by atoms with Crippen LogP contribution >= 0.6 is 15.9 Å². The van der Waals surface area contributed by atoms with Gasteiger partial charge in [-0.1, -0.05) is 0 Å². The van der Waals surface area contributed by atoms with Crippen LogP contribution < -0.4 is 10.5 Å². The summed E-state index contributed by atoms with van der Waals surface area (Å²) in [6, 6.07) is 5.36. The van der Waals surface area contributed by atoms with Gasteiger partial charge in [0.1, 0.15) is 5.75 Å². The highest BCUT2D eigenvalue weighted by atomic mass is 79.9. The second kappa shape index (κ2) is 6.36. The number of ether oxygens (including phenoxy) is 2. The molecule has 2 N–H and O–H groups in total. The summed E-state index contributed by atoms with van der Waals surface area (Å²) in [5.41, 5.74) is 6.18. The average Bonchev–Trinajstić information content (AvgIpc) is 2.47. The van der Waals surface area contributed by atoms with Crippen LogP contribution in [0.4, 0.5) is 0 Å². The molecule has 2 rings (SSSR count). The number of nitrogens with two attached hydrogens (primary N) is 1. The zero-order valence-corrected chi connectivity index (χ0v) is 12.4. The molecule has 1 fully saturated rings. The zero-order chi connectivity index (χ0) is 13.8. The number of benzene rings is 1. The maximum atomic E-state index is 12.5. The SMILES string of the molecule is COc1ccc(Br)c(C(=O)N2CCOC(CN)C2)c1. The molecule has 1 atom stereocenters. The van der Waals surface area contributed by atoms with Crippen molar-refractivity contribution in [2.24, 2.45) is 5.73 Å². The van der Waals surface area contributed by atoms with E-state index in [9.17, 15) is 4.79 Å². The van der Waals surface area contributed by atoms with Crippen LogP contribution in [0.5, 0.6) is 5.75 Å². The number of rotatable bonds is 3. The lowest BCUT2D eigenvalue weighted by Gasteiger charge is -2.32. The van der Waals surface area contributed by atoms with Gasteiger partial charge >= 0.3 is 0 Å². The molecular weight excluding hydrogens is 312 g/mol. The summed E-state index contributed by atoms with van der Waals surface area (Å²) in [6.45, 7) is 2.05. The molecule has 19 heavy (non-hydrogen) atoms. The fourth-order valence-electron chi connectivity index (χ4n) is 2.01. The zero-order valence-electron chi connectivity index (χ0n) is 10.8. The molecule has 1 saturated heterocycles. The lowest BCUT2D eigenvalue weighted by molar-refractivity contribution is -0.0167. The maximum absolute atomic E-state index is 12.5. The minimum Gasteiger partial charge on any atom is -0.497 e. The molecule has 1 unspecified atom stereocenters. The van der Waals surface area contributed by atoms with Gasteiger partial charge in [-0.3, -0.25) is 4.79 Å². The molecule has 5 nitrogen and oxygen atoms in total. The van der Waals surface area contributed by atoms with E-state index in [-0.39, 0.29) is 12.0 Å². The third kappa shape index (κ3) is 3.26. The second-order valence-corrected chi connectivity index (χ2v) is 5.18. The summed E-state index contributed by atoms with van der Waals surface area (Å²) in [5, 5.41) is 0. The highest BCUT2D eigenvalue weighted by molar-refractivity contribution is 9.10. The van der Waals surface area contributed by atoms with Gasteiger partial charge in [-0.25, -0.2) is 0 Å². The summed E-state index contributed by atoms with van der Waals surface area (Å²) in [4.78, 5) is 14.3. The van der Waals surface area contributed by atoms with Crippen molar-refractivity contribution < 1.29 is 14.3 Å². The third-order valence-corrected chi connectivity index (χ3v) is 3.78. The van der Waals surface area contributed by atoms with Crippen LogP contribution in [-0.4, -0.2) is 50.3 Å². The Morgan fingerprint density at radius 1 is 1.63 bits per heavy atom. The lowest BCUT2D eigenvalue weighted by Crippen LogP contribution is -2.48. The van der Waals surface area contributed by atoms with Crippen molar-refractivity contribution in [1.82, 2.24) is 4.90 Å². The number of halogens is 1. The van der Waals surface area contributed by atoms with E-state index in [1.807, 2.05) is 12.1 Å². The molecule has 0 aliphatic carbocycles. The molecule has 1 aromatic carbocycles. The quantitative estimate of drug-likeness (QED) is 0.907. The number of amides is 1. The molecule has 0 spiro atoms. The Bertz CT molecular complexity index is 467. The van der Waals surface area contributed by atoms with Crippen LogP contribution in [0, 0.1) is 0 Å². The number of carbonyl (C=O) groups is 1. The normalized spacial score (nSPS) is 19.3. The Hall–Kier alpha value is -1.11. The van der Waals surface area contributed by atoms with Crippen molar-refractivity contribution in [1.29, 1.82) is 0 Å². The predicted octanol–water partition coefficient (Wildman–Crippen LogP) is 1.26. The van der Waals surface area contributed by atoms with Crippen molar-refractivity contribution >= 4 is 21.8 Å². The van der Waals surface area contributed by atoms with E-state index < -0.39 is 0 Å². The van der Waals surface area contributed by atoms with Crippen LogP contribution in [0.2, 0.25) is 0 Å². The highest BCUT2D eigenvalue weighted by Gasteiger charge is 2.25. The number of hydrogen-bond donors (Lipinski definition) is 1. The number of morpholine rings is 1. The summed E-state index contributed by atoms with van der Waals surface area (Å²) in [6.07, 6.45) is -0.0814. The number of methoxy groups -OCH3 is 1. The van der Waals surface area contributed by atoms with Crippen LogP contribution in [0.25, 0.3) is 0 Å². The van der Waals surface area contributed by atoms with Gasteiger partial charge in [-0.05, 0) is 34.1 Å². The Labute approximate surface area is 120 Å². The fourth-order valence-corrected chi connectivity index (χ4v) is 2.43. The van der Waals surface area contributed by atoms with Crippen molar-refractivity contribution in [3.05, 3.63) is 28.2 Å². The van der Waals surface area contributed by atoms with Crippen LogP contribution in [0.1, 0.15) is 10.4 Å². The minimum atomic E-state index is -0.0814. The van der Waals surface area contributed by atoms with Crippen LogP contribution in [0.3, 0.4) is 0 Å². The second-order valence-electron chi connectivity index (χ2n) is 4.33. The smallest absolute Gasteiger partial charge is 0.255 e. The van der Waals surface area contributed by atoms with Crippen molar-refractivity contribution in [2.75, 3.05) is 33.4 Å². The first-order valence-electron chi connectivity index (χ1n) is 6.10. The molecular formula is C13H17BrN2O3. The molecule has 1 aromatic rings. The summed E-state index contributed by atoms with van der Waals surface area (Å²) >= 11 is 3.40. The van der Waals surface area contributed by atoms with Gasteiger partial charge in [0.25, 0.3) is 5.91 Å². The Morgan fingerprint density at radius 3 is 3.11 bits per heavy atom. The summed E-state index contributed by atoms with van der Waals surface area (Å²) < 4.78 is 11.4. The summed E-state index contributed by atoms with van der Waals surface area (Å²) in [7, 11) is 1.58. The van der Waals surface area contributed by atoms with E-state index in [1.165, 1.54) is 0 Å². The molecule has 0 radical (unpaired) electrons. The number of carbonyl (C=O) groups excluding carboxylic acids is 1. The summed E-state index contributed by atoms with van der Waals surface area (Å²) in [5.74, 6) is 0.628. The first-order valence-corrected chi connectivity index (χ1v) is 6.89. The van der Waals surface area contributed by atoms with Crippen molar-refractivity contribution in [3.8, 4) is 5.75 Å². The molecule has 0 aromatic heterocycles. The van der Waals surface area contributed by atoms with E-state index in [0.29, 0.717) is 37.6 Å². The van der Waals surface area contributed by atoms with Gasteiger partial charge in [0, 0.05) is 24.1 Å². The minimum absolute atomic E-state index is 0.0347. The molecule has 0 saturated carbocycles. The highest BCUT2D eigenvalue weighted by Crippen LogP contribution is 2.24. The predicted molar refractivity (Wildman–Crippen MR) is 75.4 cm³/mol. The van der Waals surface area contributed by atoms with Crippen molar-refractivity contribution in [3.63, 3.8) is 0 Å². The van der Waals surface area contributed by atoms with E-state index in [1.54, 1.807) is 18.1 Å². The van der Waals surface area contributed by atoms with Crippen LogP contribution in [-0.2, 0) is 4.74 Å². The fraction of sp³-hybridized carbons (Fsp3) is 0.462. The topological polar surface area (TPSA) is 64.8 Å². The Morgan fingerprint density at radius 2 is 2.42 bits per heavy atom. The van der Waals surface area contributed by atoms with E-state index in [4.69, 9.17) is 15.2 Å². The molecule has 1 heterocycles.